The van der Waals surface area contributed by atoms with E-state index in [9.17, 15) is 13.2 Å². The summed E-state index contributed by atoms with van der Waals surface area (Å²) in [6.07, 6.45) is -0.0572. The molecule has 5 N–H and O–H groups in total. The molecule has 0 spiro atoms. The Bertz CT molecular complexity index is 565. The Balaban J connectivity index is 2.76. The van der Waals surface area contributed by atoms with Crippen LogP contribution < -0.4 is 16.2 Å². The van der Waals surface area contributed by atoms with E-state index in [2.05, 4.69) is 4.72 Å². The Labute approximate surface area is 119 Å². The van der Waals surface area contributed by atoms with Crippen molar-refractivity contribution in [3.8, 4) is 0 Å². The molecule has 0 aliphatic rings. The van der Waals surface area contributed by atoms with Gasteiger partial charge in [-0.1, -0.05) is 24.3 Å². The molecular formula is C13H21N3O3S. The Morgan fingerprint density at radius 3 is 2.15 bits per heavy atom. The molecule has 1 amide bonds. The summed E-state index contributed by atoms with van der Waals surface area (Å²) in [7, 11) is -3.55. The quantitative estimate of drug-likeness (QED) is 0.668. The maximum atomic E-state index is 12.1. The van der Waals surface area contributed by atoms with E-state index in [1.54, 1.807) is 38.1 Å². The van der Waals surface area contributed by atoms with E-state index in [4.69, 9.17) is 11.5 Å². The summed E-state index contributed by atoms with van der Waals surface area (Å²) in [4.78, 5) is 10.9. The molecule has 1 aromatic rings. The van der Waals surface area contributed by atoms with Gasteiger partial charge in [0.05, 0.1) is 5.75 Å². The van der Waals surface area contributed by atoms with Gasteiger partial charge in [-0.3, -0.25) is 4.79 Å². The highest BCUT2D eigenvalue weighted by molar-refractivity contribution is 7.88. The van der Waals surface area contributed by atoms with E-state index < -0.39 is 21.5 Å². The first-order chi connectivity index (χ1) is 9.13. The van der Waals surface area contributed by atoms with E-state index in [0.717, 1.165) is 5.56 Å². The van der Waals surface area contributed by atoms with Crippen LogP contribution >= 0.6 is 0 Å². The first-order valence-electron chi connectivity index (χ1n) is 6.21. The zero-order chi connectivity index (χ0) is 15.4. The van der Waals surface area contributed by atoms with Gasteiger partial charge in [0, 0.05) is 18.5 Å². The van der Waals surface area contributed by atoms with Gasteiger partial charge in [-0.2, -0.15) is 0 Å². The lowest BCUT2D eigenvalue weighted by Gasteiger charge is -2.24. The Morgan fingerprint density at radius 1 is 1.20 bits per heavy atom. The zero-order valence-corrected chi connectivity index (χ0v) is 12.5. The minimum Gasteiger partial charge on any atom is -0.370 e. The smallest absolute Gasteiger partial charge is 0.219 e. The summed E-state index contributed by atoms with van der Waals surface area (Å²) in [5.74, 6) is -0.704. The topological polar surface area (TPSA) is 115 Å². The number of benzene rings is 1. The molecule has 0 saturated carbocycles. The maximum absolute atomic E-state index is 12.1. The van der Waals surface area contributed by atoms with E-state index in [1.807, 2.05) is 0 Å². The van der Waals surface area contributed by atoms with Gasteiger partial charge in [0.15, 0.2) is 0 Å². The van der Waals surface area contributed by atoms with E-state index in [-0.39, 0.29) is 12.2 Å². The largest absolute Gasteiger partial charge is 0.370 e. The fourth-order valence-electron chi connectivity index (χ4n) is 1.92. The molecule has 6 nitrogen and oxygen atoms in total. The lowest BCUT2D eigenvalue weighted by atomic mass is 10.0. The van der Waals surface area contributed by atoms with Gasteiger partial charge < -0.3 is 11.5 Å². The Morgan fingerprint density at radius 2 is 1.70 bits per heavy atom. The molecular weight excluding hydrogens is 278 g/mol. The van der Waals surface area contributed by atoms with Crippen LogP contribution in [-0.4, -0.2) is 19.9 Å². The average Bonchev–Trinajstić information content (AvgIpc) is 2.25. The predicted molar refractivity (Wildman–Crippen MR) is 78.0 cm³/mol. The maximum Gasteiger partial charge on any atom is 0.219 e. The standard InChI is InChI=1S/C13H21N3O3S/c1-13(2,7-12(15)17)16-20(18,19)9-11-5-3-10(8-14)4-6-11/h3-6,16H,7-9,14H2,1-2H3,(H2,15,17). The first-order valence-corrected chi connectivity index (χ1v) is 7.87. The second kappa shape index (κ2) is 6.34. The molecule has 0 unspecified atom stereocenters. The number of amides is 1. The van der Waals surface area contributed by atoms with Crippen LogP contribution in [0.4, 0.5) is 0 Å². The van der Waals surface area contributed by atoms with Crippen LogP contribution in [0.25, 0.3) is 0 Å². The minimum absolute atomic E-state index is 0.0572. The van der Waals surface area contributed by atoms with Crippen molar-refractivity contribution in [2.24, 2.45) is 11.5 Å². The third-order valence-corrected chi connectivity index (χ3v) is 4.24. The van der Waals surface area contributed by atoms with Crippen LogP contribution in [0.3, 0.4) is 0 Å². The molecule has 0 radical (unpaired) electrons. The summed E-state index contributed by atoms with van der Waals surface area (Å²) < 4.78 is 26.6. The fourth-order valence-corrected chi connectivity index (χ4v) is 3.54. The highest BCUT2D eigenvalue weighted by Crippen LogP contribution is 2.13. The van der Waals surface area contributed by atoms with Crippen LogP contribution in [0.5, 0.6) is 0 Å². The minimum atomic E-state index is -3.55. The van der Waals surface area contributed by atoms with Crippen molar-refractivity contribution in [2.75, 3.05) is 0 Å². The van der Waals surface area contributed by atoms with Gasteiger partial charge in [-0.25, -0.2) is 13.1 Å². The molecule has 0 aromatic heterocycles. The van der Waals surface area contributed by atoms with Crippen molar-refractivity contribution >= 4 is 15.9 Å². The monoisotopic (exact) mass is 299 g/mol. The number of hydrogen-bond acceptors (Lipinski definition) is 4. The van der Waals surface area contributed by atoms with Crippen molar-refractivity contribution < 1.29 is 13.2 Å². The summed E-state index contributed by atoms with van der Waals surface area (Å²) >= 11 is 0. The van der Waals surface area contributed by atoms with Crippen molar-refractivity contribution in [3.05, 3.63) is 35.4 Å². The SMILES string of the molecule is CC(C)(CC(N)=O)NS(=O)(=O)Cc1ccc(CN)cc1. The molecule has 20 heavy (non-hydrogen) atoms. The third kappa shape index (κ3) is 5.68. The van der Waals surface area contributed by atoms with Gasteiger partial charge in [0.25, 0.3) is 0 Å². The molecule has 0 heterocycles. The molecule has 0 bridgehead atoms. The lowest BCUT2D eigenvalue weighted by molar-refractivity contribution is -0.119. The van der Waals surface area contributed by atoms with Crippen LogP contribution in [0.15, 0.2) is 24.3 Å². The highest BCUT2D eigenvalue weighted by atomic mass is 32.2. The number of carbonyl (C=O) groups is 1. The van der Waals surface area contributed by atoms with Gasteiger partial charge in [0.1, 0.15) is 0 Å². The van der Waals surface area contributed by atoms with E-state index in [1.165, 1.54) is 0 Å². The molecule has 1 rings (SSSR count). The third-order valence-electron chi connectivity index (χ3n) is 2.66. The van der Waals surface area contributed by atoms with Crippen molar-refractivity contribution in [1.29, 1.82) is 0 Å². The number of rotatable bonds is 7. The Kier molecular flexibility index (Phi) is 5.27. The second-order valence-electron chi connectivity index (χ2n) is 5.41. The van der Waals surface area contributed by atoms with Crippen molar-refractivity contribution in [2.45, 2.75) is 38.1 Å². The second-order valence-corrected chi connectivity index (χ2v) is 7.13. The fraction of sp³-hybridized carbons (Fsp3) is 0.462. The number of nitrogens with two attached hydrogens (primary N) is 2. The number of primary amides is 1. The molecule has 0 saturated heterocycles. The van der Waals surface area contributed by atoms with Gasteiger partial charge in [0.2, 0.25) is 15.9 Å². The molecule has 112 valence electrons. The van der Waals surface area contributed by atoms with Gasteiger partial charge >= 0.3 is 0 Å². The van der Waals surface area contributed by atoms with Crippen LogP contribution in [-0.2, 0) is 27.1 Å². The van der Waals surface area contributed by atoms with Crippen LogP contribution in [0.2, 0.25) is 0 Å². The molecule has 0 aliphatic heterocycles. The molecule has 7 heteroatoms. The number of sulfonamides is 1. The van der Waals surface area contributed by atoms with Crippen molar-refractivity contribution in [3.63, 3.8) is 0 Å². The van der Waals surface area contributed by atoms with E-state index in [0.29, 0.717) is 12.1 Å². The van der Waals surface area contributed by atoms with Gasteiger partial charge in [-0.15, -0.1) is 0 Å². The molecule has 0 fully saturated rings. The van der Waals surface area contributed by atoms with E-state index >= 15 is 0 Å². The van der Waals surface area contributed by atoms with Gasteiger partial charge in [-0.05, 0) is 25.0 Å². The normalized spacial score (nSPS) is 12.3. The average molecular weight is 299 g/mol. The predicted octanol–water partition coefficient (Wildman–Crippen LogP) is 0.219. The summed E-state index contributed by atoms with van der Waals surface area (Å²) in [5.41, 5.74) is 11.3. The molecule has 0 atom stereocenters. The van der Waals surface area contributed by atoms with Crippen LogP contribution in [0, 0.1) is 0 Å². The summed E-state index contributed by atoms with van der Waals surface area (Å²) in [6.45, 7) is 3.65. The molecule has 0 aliphatic carbocycles. The first kappa shape index (κ1) is 16.6. The van der Waals surface area contributed by atoms with Crippen molar-refractivity contribution in [1.82, 2.24) is 4.72 Å². The molecule has 1 aromatic carbocycles. The number of hydrogen-bond donors (Lipinski definition) is 3. The van der Waals surface area contributed by atoms with Crippen LogP contribution in [0.1, 0.15) is 31.4 Å². The summed E-state index contributed by atoms with van der Waals surface area (Å²) in [6, 6.07) is 7.03. The number of carbonyl (C=O) groups excluding carboxylic acids is 1. The number of nitrogens with one attached hydrogen (secondary N) is 1. The lowest BCUT2D eigenvalue weighted by Crippen LogP contribution is -2.46. The summed E-state index contributed by atoms with van der Waals surface area (Å²) in [5, 5.41) is 0. The highest BCUT2D eigenvalue weighted by Gasteiger charge is 2.26. The zero-order valence-electron chi connectivity index (χ0n) is 11.7. The Hall–Kier alpha value is -1.44.